The molecular weight excluding hydrogens is 235 g/mol. The van der Waals surface area contributed by atoms with Crippen LogP contribution in [0, 0.1) is 5.41 Å². The van der Waals surface area contributed by atoms with Crippen molar-refractivity contribution in [2.24, 2.45) is 5.41 Å². The molecule has 0 spiro atoms. The van der Waals surface area contributed by atoms with Gasteiger partial charge in [0.05, 0.1) is 0 Å². The molecule has 1 fully saturated rings. The summed E-state index contributed by atoms with van der Waals surface area (Å²) in [6.07, 6.45) is 0. The third-order valence-electron chi connectivity index (χ3n) is 4.50. The summed E-state index contributed by atoms with van der Waals surface area (Å²) in [4.78, 5) is 0. The van der Waals surface area contributed by atoms with Crippen LogP contribution in [0.25, 0.3) is 0 Å². The fourth-order valence-corrected chi connectivity index (χ4v) is 8.00. The molecule has 12 heavy (non-hydrogen) atoms. The normalized spacial score (nSPS) is 33.9. The summed E-state index contributed by atoms with van der Waals surface area (Å²) >= 11 is 3.44. The minimum absolute atomic E-state index is 0.0799. The molecule has 0 unspecified atom stereocenters. The Morgan fingerprint density at radius 1 is 0.917 bits per heavy atom. The molecule has 1 aliphatic heterocycles. The van der Waals surface area contributed by atoms with E-state index >= 15 is 0 Å². The number of hydrogen-bond acceptors (Lipinski definition) is 1. The van der Waals surface area contributed by atoms with Gasteiger partial charge in [0.2, 0.25) is 0 Å². The van der Waals surface area contributed by atoms with E-state index in [1.54, 1.807) is 0 Å². The first-order chi connectivity index (χ1) is 5.00. The van der Waals surface area contributed by atoms with E-state index in [9.17, 15) is 4.57 Å². The molecule has 0 atom stereocenters. The first-order valence-corrected chi connectivity index (χ1v) is 8.02. The maximum Gasteiger partial charge on any atom is 0.159 e. The van der Waals surface area contributed by atoms with E-state index in [2.05, 4.69) is 57.0 Å². The molecule has 1 saturated heterocycles. The lowest BCUT2D eigenvalue weighted by atomic mass is 9.69. The van der Waals surface area contributed by atoms with E-state index in [1.807, 2.05) is 0 Å². The Morgan fingerprint density at radius 3 is 1.25 bits per heavy atom. The van der Waals surface area contributed by atoms with Crippen LogP contribution in [-0.4, -0.2) is 10.3 Å². The topological polar surface area (TPSA) is 17.1 Å². The van der Waals surface area contributed by atoms with Crippen molar-refractivity contribution >= 4 is 21.3 Å². The second-order valence-electron chi connectivity index (χ2n) is 5.28. The molecule has 0 radical (unpaired) electrons. The molecule has 1 aliphatic rings. The molecule has 0 saturated carbocycles. The zero-order valence-corrected chi connectivity index (χ0v) is 11.2. The van der Waals surface area contributed by atoms with Gasteiger partial charge in [0.1, 0.15) is 0 Å². The van der Waals surface area contributed by atoms with E-state index in [0.29, 0.717) is 0 Å². The van der Waals surface area contributed by atoms with Crippen molar-refractivity contribution < 1.29 is 4.57 Å². The predicted octanol–water partition coefficient (Wildman–Crippen LogP) is 4.26. The minimum atomic E-state index is -2.18. The maximum atomic E-state index is 12.3. The summed E-state index contributed by atoms with van der Waals surface area (Å²) in [6.45, 7) is 12.8. The third kappa shape index (κ3) is 0.749. The van der Waals surface area contributed by atoms with Crippen LogP contribution in [0.5, 0.6) is 0 Å². The highest BCUT2D eigenvalue weighted by Gasteiger charge is 2.73. The molecule has 0 aromatic rings. The summed E-state index contributed by atoms with van der Waals surface area (Å²) < 4.78 is 12.3. The zero-order chi connectivity index (χ0) is 10.0. The third-order valence-corrected chi connectivity index (χ3v) is 13.8. The lowest BCUT2D eigenvalue weighted by Gasteiger charge is -2.67. The van der Waals surface area contributed by atoms with Crippen LogP contribution >= 0.6 is 21.3 Å². The van der Waals surface area contributed by atoms with Gasteiger partial charge in [-0.25, -0.2) is 0 Å². The Kier molecular flexibility index (Phi) is 1.98. The first kappa shape index (κ1) is 10.8. The first-order valence-electron chi connectivity index (χ1n) is 4.30. The van der Waals surface area contributed by atoms with Crippen molar-refractivity contribution in [2.75, 3.05) is 0 Å². The van der Waals surface area contributed by atoms with Gasteiger partial charge >= 0.3 is 0 Å². The van der Waals surface area contributed by atoms with Crippen molar-refractivity contribution in [1.29, 1.82) is 0 Å². The molecule has 1 rings (SSSR count). The summed E-state index contributed by atoms with van der Waals surface area (Å²) in [5.41, 5.74) is 0.138. The van der Waals surface area contributed by atoms with Crippen LogP contribution in [0.4, 0.5) is 0 Å². The van der Waals surface area contributed by atoms with Gasteiger partial charge in [0.15, 0.2) is 5.84 Å². The molecule has 0 amide bonds. The van der Waals surface area contributed by atoms with Gasteiger partial charge in [0.25, 0.3) is 0 Å². The van der Waals surface area contributed by atoms with Gasteiger partial charge in [0, 0.05) is 10.3 Å². The second-order valence-corrected chi connectivity index (χ2v) is 11.6. The molecular formula is C9H18BrOP. The fourth-order valence-electron chi connectivity index (χ4n) is 2.11. The van der Waals surface area contributed by atoms with Crippen LogP contribution in [0.15, 0.2) is 0 Å². The fraction of sp³-hybridized carbons (Fsp3) is 1.00. The maximum absolute atomic E-state index is 12.3. The minimum Gasteiger partial charge on any atom is -0.310 e. The van der Waals surface area contributed by atoms with Crippen molar-refractivity contribution in [2.45, 2.75) is 51.9 Å². The van der Waals surface area contributed by atoms with E-state index in [1.165, 1.54) is 0 Å². The Balaban J connectivity index is 3.26. The van der Waals surface area contributed by atoms with Crippen molar-refractivity contribution in [1.82, 2.24) is 0 Å². The van der Waals surface area contributed by atoms with Crippen molar-refractivity contribution in [3.63, 3.8) is 0 Å². The molecule has 0 aliphatic carbocycles. The standard InChI is InChI=1S/C9H18BrOP/c1-7(2)8(3,4)12(10,11)9(7,5)6/h1-6H3. The van der Waals surface area contributed by atoms with E-state index in [0.717, 1.165) is 0 Å². The summed E-state index contributed by atoms with van der Waals surface area (Å²) in [5.74, 6) is -2.18. The Bertz CT molecular complexity index is 244. The van der Waals surface area contributed by atoms with Gasteiger partial charge in [-0.2, -0.15) is 0 Å². The van der Waals surface area contributed by atoms with Gasteiger partial charge < -0.3 is 4.57 Å². The van der Waals surface area contributed by atoms with Gasteiger partial charge in [-0.3, -0.25) is 0 Å². The summed E-state index contributed by atoms with van der Waals surface area (Å²) in [6, 6.07) is 0. The smallest absolute Gasteiger partial charge is 0.159 e. The number of rotatable bonds is 0. The van der Waals surface area contributed by atoms with Crippen LogP contribution in [0.1, 0.15) is 41.5 Å². The number of hydrogen-bond donors (Lipinski definition) is 0. The van der Waals surface area contributed by atoms with Gasteiger partial charge in [-0.15, -0.1) is 0 Å². The van der Waals surface area contributed by atoms with Crippen molar-refractivity contribution in [3.8, 4) is 0 Å². The SMILES string of the molecule is CC1(C)C(C)(C)P(=O)(Br)C1(C)C. The highest BCUT2D eigenvalue weighted by Crippen LogP contribution is 2.90. The largest absolute Gasteiger partial charge is 0.310 e. The average molecular weight is 253 g/mol. The second kappa shape index (κ2) is 2.20. The Hall–Kier alpha value is 0.710. The molecule has 0 aromatic carbocycles. The van der Waals surface area contributed by atoms with Gasteiger partial charge in [-0.1, -0.05) is 41.5 Å². The lowest BCUT2D eigenvalue weighted by Crippen LogP contribution is -2.63. The molecule has 3 heteroatoms. The lowest BCUT2D eigenvalue weighted by molar-refractivity contribution is 0.147. The average Bonchev–Trinajstić information content (AvgIpc) is 1.84. The Morgan fingerprint density at radius 2 is 1.17 bits per heavy atom. The molecule has 0 aromatic heterocycles. The molecule has 0 bridgehead atoms. The zero-order valence-electron chi connectivity index (χ0n) is 8.73. The Labute approximate surface area is 83.4 Å². The van der Waals surface area contributed by atoms with Crippen LogP contribution in [0.2, 0.25) is 0 Å². The molecule has 1 heterocycles. The van der Waals surface area contributed by atoms with Crippen LogP contribution < -0.4 is 0 Å². The summed E-state index contributed by atoms with van der Waals surface area (Å²) in [7, 11) is 0. The summed E-state index contributed by atoms with van der Waals surface area (Å²) in [5, 5.41) is -0.160. The van der Waals surface area contributed by atoms with Crippen LogP contribution in [-0.2, 0) is 4.57 Å². The molecule has 72 valence electrons. The monoisotopic (exact) mass is 252 g/mol. The van der Waals surface area contributed by atoms with Crippen LogP contribution in [0.3, 0.4) is 0 Å². The molecule has 0 N–H and O–H groups in total. The van der Waals surface area contributed by atoms with Gasteiger partial charge in [-0.05, 0) is 20.9 Å². The highest BCUT2D eigenvalue weighted by molar-refractivity contribution is 9.40. The van der Waals surface area contributed by atoms with E-state index < -0.39 is 5.84 Å². The highest BCUT2D eigenvalue weighted by atomic mass is 79.9. The molecule has 1 nitrogen and oxygen atoms in total. The van der Waals surface area contributed by atoms with E-state index in [4.69, 9.17) is 0 Å². The quantitative estimate of drug-likeness (QED) is 0.589. The predicted molar refractivity (Wildman–Crippen MR) is 58.5 cm³/mol. The number of halogens is 1. The van der Waals surface area contributed by atoms with Crippen molar-refractivity contribution in [3.05, 3.63) is 0 Å². The van der Waals surface area contributed by atoms with E-state index in [-0.39, 0.29) is 15.7 Å².